The maximum absolute atomic E-state index is 13.4. The molecular weight excluding hydrogens is 433 g/mol. The Hall–Kier alpha value is -2.78. The Morgan fingerprint density at radius 3 is 2.41 bits per heavy atom. The van der Waals surface area contributed by atoms with Crippen molar-refractivity contribution in [2.24, 2.45) is 0 Å². The van der Waals surface area contributed by atoms with Gasteiger partial charge in [-0.2, -0.15) is 0 Å². The number of carbonyl (C=O) groups excluding carboxylic acids is 3. The second-order valence-electron chi connectivity index (χ2n) is 8.70. The number of benzene rings is 1. The first kappa shape index (κ1) is 25.5. The first-order valence-corrected chi connectivity index (χ1v) is 11.0. The van der Waals surface area contributed by atoms with Gasteiger partial charge in [0, 0.05) is 18.7 Å². The highest BCUT2D eigenvalue weighted by atomic mass is 32.1. The quantitative estimate of drug-likeness (QED) is 0.603. The van der Waals surface area contributed by atoms with E-state index < -0.39 is 23.3 Å². The van der Waals surface area contributed by atoms with Crippen LogP contribution < -0.4 is 5.32 Å². The molecule has 0 fully saturated rings. The number of ether oxygens (including phenoxy) is 1. The molecule has 2 amide bonds. The van der Waals surface area contributed by atoms with E-state index in [0.29, 0.717) is 28.5 Å². The number of amides is 2. The summed E-state index contributed by atoms with van der Waals surface area (Å²) in [6, 6.07) is 7.06. The second kappa shape index (κ2) is 10.7. The van der Waals surface area contributed by atoms with Gasteiger partial charge in [-0.3, -0.25) is 14.4 Å². The molecule has 0 bridgehead atoms. The summed E-state index contributed by atoms with van der Waals surface area (Å²) in [5, 5.41) is 3.17. The molecule has 0 atom stereocenters. The van der Waals surface area contributed by atoms with Crippen LogP contribution in [0.15, 0.2) is 30.3 Å². The van der Waals surface area contributed by atoms with E-state index in [-0.39, 0.29) is 18.0 Å². The van der Waals surface area contributed by atoms with E-state index in [0.717, 1.165) is 17.4 Å². The summed E-state index contributed by atoms with van der Waals surface area (Å²) in [6.45, 7) is 7.82. The molecule has 0 saturated carbocycles. The summed E-state index contributed by atoms with van der Waals surface area (Å²) in [4.78, 5) is 41.8. The number of rotatable bonds is 8. The summed E-state index contributed by atoms with van der Waals surface area (Å²) < 4.78 is 18.8. The lowest BCUT2D eigenvalue weighted by atomic mass is 10.2. The van der Waals surface area contributed by atoms with Gasteiger partial charge in [0.2, 0.25) is 0 Å². The van der Waals surface area contributed by atoms with Crippen LogP contribution in [-0.4, -0.2) is 66.9 Å². The predicted molar refractivity (Wildman–Crippen MR) is 124 cm³/mol. The summed E-state index contributed by atoms with van der Waals surface area (Å²) in [6.07, 6.45) is 0. The molecule has 0 aliphatic carbocycles. The number of halogens is 1. The van der Waals surface area contributed by atoms with E-state index in [1.54, 1.807) is 33.8 Å². The van der Waals surface area contributed by atoms with Gasteiger partial charge in [-0.05, 0) is 71.6 Å². The molecule has 32 heavy (non-hydrogen) atoms. The van der Waals surface area contributed by atoms with Gasteiger partial charge in [0.1, 0.15) is 18.0 Å². The third kappa shape index (κ3) is 7.72. The van der Waals surface area contributed by atoms with E-state index >= 15 is 0 Å². The maximum Gasteiger partial charge on any atom is 0.326 e. The standard InChI is InChI=1S/C23H30FN3O4S/c1-15-12-18(25-21(29)16-8-7-9-17(24)13-16)32-20(15)22(30)27(11-10-26(5)6)14-19(28)31-23(2,3)4/h7-9,12-13H,10-11,14H2,1-6H3,(H,25,29). The zero-order valence-electron chi connectivity index (χ0n) is 19.3. The molecule has 0 saturated heterocycles. The van der Waals surface area contributed by atoms with E-state index in [9.17, 15) is 18.8 Å². The highest BCUT2D eigenvalue weighted by Gasteiger charge is 2.25. The van der Waals surface area contributed by atoms with Crippen LogP contribution in [0, 0.1) is 12.7 Å². The Labute approximate surface area is 192 Å². The van der Waals surface area contributed by atoms with Gasteiger partial charge < -0.3 is 19.9 Å². The van der Waals surface area contributed by atoms with Gasteiger partial charge in [0.15, 0.2) is 0 Å². The van der Waals surface area contributed by atoms with E-state index in [4.69, 9.17) is 4.74 Å². The zero-order chi connectivity index (χ0) is 24.1. The lowest BCUT2D eigenvalue weighted by Crippen LogP contribution is -2.41. The minimum Gasteiger partial charge on any atom is -0.459 e. The summed E-state index contributed by atoms with van der Waals surface area (Å²) in [5.41, 5.74) is 0.204. The highest BCUT2D eigenvalue weighted by molar-refractivity contribution is 7.18. The second-order valence-corrected chi connectivity index (χ2v) is 9.76. The smallest absolute Gasteiger partial charge is 0.326 e. The molecule has 0 aliphatic heterocycles. The fraction of sp³-hybridized carbons (Fsp3) is 0.435. The molecule has 2 aromatic rings. The van der Waals surface area contributed by atoms with Gasteiger partial charge in [-0.25, -0.2) is 4.39 Å². The van der Waals surface area contributed by atoms with Crippen LogP contribution >= 0.6 is 11.3 Å². The molecular formula is C23H30FN3O4S. The van der Waals surface area contributed by atoms with Crippen molar-refractivity contribution in [3.05, 3.63) is 52.2 Å². The van der Waals surface area contributed by atoms with Crippen molar-refractivity contribution >= 4 is 34.1 Å². The summed E-state index contributed by atoms with van der Waals surface area (Å²) in [5.74, 6) is -1.78. The number of hydrogen-bond acceptors (Lipinski definition) is 6. The van der Waals surface area contributed by atoms with Crippen molar-refractivity contribution in [3.63, 3.8) is 0 Å². The molecule has 1 heterocycles. The number of hydrogen-bond donors (Lipinski definition) is 1. The topological polar surface area (TPSA) is 79.0 Å². The van der Waals surface area contributed by atoms with Gasteiger partial charge in [0.25, 0.3) is 11.8 Å². The van der Waals surface area contributed by atoms with Crippen LogP contribution in [-0.2, 0) is 9.53 Å². The van der Waals surface area contributed by atoms with Gasteiger partial charge in [-0.15, -0.1) is 11.3 Å². The van der Waals surface area contributed by atoms with E-state index in [1.807, 2.05) is 19.0 Å². The number of thiophene rings is 1. The van der Waals surface area contributed by atoms with Crippen LogP contribution in [0.2, 0.25) is 0 Å². The van der Waals surface area contributed by atoms with Crippen LogP contribution in [0.5, 0.6) is 0 Å². The number of aryl methyl sites for hydroxylation is 1. The van der Waals surface area contributed by atoms with Gasteiger partial charge in [0.05, 0.1) is 9.88 Å². The molecule has 1 aromatic carbocycles. The third-order valence-corrected chi connectivity index (χ3v) is 5.42. The third-order valence-electron chi connectivity index (χ3n) is 4.28. The van der Waals surface area contributed by atoms with Crippen LogP contribution in [0.4, 0.5) is 9.39 Å². The Kier molecular flexibility index (Phi) is 8.51. The Morgan fingerprint density at radius 2 is 1.81 bits per heavy atom. The fourth-order valence-corrected chi connectivity index (χ4v) is 3.85. The first-order chi connectivity index (χ1) is 14.9. The van der Waals surface area contributed by atoms with E-state index in [1.165, 1.54) is 23.1 Å². The molecule has 0 radical (unpaired) electrons. The monoisotopic (exact) mass is 463 g/mol. The van der Waals surface area contributed by atoms with Crippen molar-refractivity contribution in [1.29, 1.82) is 0 Å². The number of carbonyl (C=O) groups is 3. The lowest BCUT2D eigenvalue weighted by molar-refractivity contribution is -0.155. The molecule has 0 unspecified atom stereocenters. The SMILES string of the molecule is Cc1cc(NC(=O)c2cccc(F)c2)sc1C(=O)N(CCN(C)C)CC(=O)OC(C)(C)C. The molecule has 0 spiro atoms. The van der Waals surface area contributed by atoms with Crippen LogP contribution in [0.1, 0.15) is 46.4 Å². The average Bonchev–Trinajstić information content (AvgIpc) is 3.03. The van der Waals surface area contributed by atoms with Gasteiger partial charge >= 0.3 is 5.97 Å². The number of likely N-dealkylation sites (N-methyl/N-ethyl adjacent to an activating group) is 1. The molecule has 174 valence electrons. The summed E-state index contributed by atoms with van der Waals surface area (Å²) in [7, 11) is 3.76. The van der Waals surface area contributed by atoms with Gasteiger partial charge in [-0.1, -0.05) is 6.07 Å². The molecule has 1 aromatic heterocycles. The molecule has 7 nitrogen and oxygen atoms in total. The summed E-state index contributed by atoms with van der Waals surface area (Å²) >= 11 is 1.11. The molecule has 2 rings (SSSR count). The van der Waals surface area contributed by atoms with Crippen molar-refractivity contribution in [2.45, 2.75) is 33.3 Å². The number of nitrogens with zero attached hydrogens (tertiary/aromatic N) is 2. The Balaban J connectivity index is 2.19. The molecule has 0 aliphatic rings. The van der Waals surface area contributed by atoms with Crippen molar-refractivity contribution in [2.75, 3.05) is 39.0 Å². The number of esters is 1. The molecule has 9 heteroatoms. The minimum absolute atomic E-state index is 0.174. The number of anilines is 1. The Bertz CT molecular complexity index is 982. The Morgan fingerprint density at radius 1 is 1.12 bits per heavy atom. The van der Waals surface area contributed by atoms with Crippen LogP contribution in [0.3, 0.4) is 0 Å². The minimum atomic E-state index is -0.652. The fourth-order valence-electron chi connectivity index (χ4n) is 2.82. The van der Waals surface area contributed by atoms with Crippen LogP contribution in [0.25, 0.3) is 0 Å². The lowest BCUT2D eigenvalue weighted by Gasteiger charge is -2.26. The first-order valence-electron chi connectivity index (χ1n) is 10.2. The molecule has 1 N–H and O–H groups in total. The van der Waals surface area contributed by atoms with Crippen molar-refractivity contribution in [3.8, 4) is 0 Å². The van der Waals surface area contributed by atoms with Crippen molar-refractivity contribution < 1.29 is 23.5 Å². The normalized spacial score (nSPS) is 11.4. The highest BCUT2D eigenvalue weighted by Crippen LogP contribution is 2.28. The van der Waals surface area contributed by atoms with Crippen molar-refractivity contribution in [1.82, 2.24) is 9.80 Å². The zero-order valence-corrected chi connectivity index (χ0v) is 20.1. The largest absolute Gasteiger partial charge is 0.459 e. The average molecular weight is 464 g/mol. The number of nitrogens with one attached hydrogen (secondary N) is 1. The predicted octanol–water partition coefficient (Wildman–Crippen LogP) is 3.79. The van der Waals surface area contributed by atoms with E-state index in [2.05, 4.69) is 5.32 Å². The maximum atomic E-state index is 13.4.